The van der Waals surface area contributed by atoms with Gasteiger partial charge in [-0.3, -0.25) is 4.79 Å². The summed E-state index contributed by atoms with van der Waals surface area (Å²) in [7, 11) is 1.62. The molecule has 0 aromatic heterocycles. The molecule has 0 bridgehead atoms. The van der Waals surface area contributed by atoms with E-state index in [2.05, 4.69) is 0 Å². The third-order valence-corrected chi connectivity index (χ3v) is 3.83. The van der Waals surface area contributed by atoms with E-state index in [-0.39, 0.29) is 6.61 Å². The van der Waals surface area contributed by atoms with Gasteiger partial charge in [0.15, 0.2) is 0 Å². The van der Waals surface area contributed by atoms with Crippen molar-refractivity contribution in [3.63, 3.8) is 0 Å². The average Bonchev–Trinajstić information content (AvgIpc) is 2.53. The first-order valence-corrected chi connectivity index (χ1v) is 8.69. The molecule has 9 heteroatoms. The van der Waals surface area contributed by atoms with Crippen LogP contribution in [0.5, 0.6) is 0 Å². The number of thioether (sulfide) groups is 1. The third-order valence-electron chi connectivity index (χ3n) is 2.69. The molecule has 0 aliphatic carbocycles. The van der Waals surface area contributed by atoms with Gasteiger partial charge in [0, 0.05) is 12.9 Å². The average molecular weight is 355 g/mol. The largest absolute Gasteiger partial charge is 0.480 e. The van der Waals surface area contributed by atoms with Crippen LogP contribution in [0.2, 0.25) is 0 Å². The molecule has 0 fully saturated rings. The van der Waals surface area contributed by atoms with Crippen molar-refractivity contribution in [2.45, 2.75) is 18.6 Å². The van der Waals surface area contributed by atoms with E-state index in [0.717, 1.165) is 0 Å². The van der Waals surface area contributed by atoms with Crippen LogP contribution >= 0.6 is 11.8 Å². The summed E-state index contributed by atoms with van der Waals surface area (Å²) in [6.45, 7) is 3.21. The summed E-state index contributed by atoms with van der Waals surface area (Å²) in [5, 5.41) is 18.3. The number of aliphatic hydroxyl groups is 1. The number of nitrogens with two attached hydrogens (primary N) is 1. The van der Waals surface area contributed by atoms with Crippen molar-refractivity contribution < 1.29 is 34.0 Å². The van der Waals surface area contributed by atoms with Gasteiger partial charge in [-0.1, -0.05) is 0 Å². The molecule has 0 aromatic carbocycles. The zero-order valence-corrected chi connectivity index (χ0v) is 14.5. The predicted octanol–water partition coefficient (Wildman–Crippen LogP) is -0.421. The number of aliphatic hydroxyl groups excluding tert-OH is 1. The highest BCUT2D eigenvalue weighted by molar-refractivity contribution is 7.99. The number of methoxy groups -OCH3 is 1. The minimum Gasteiger partial charge on any atom is -0.480 e. The normalized spacial score (nSPS) is 13.9. The molecule has 138 valence electrons. The van der Waals surface area contributed by atoms with Crippen LogP contribution < -0.4 is 5.73 Å². The third kappa shape index (κ3) is 16.2. The quantitative estimate of drug-likeness (QED) is 0.299. The lowest BCUT2D eigenvalue weighted by molar-refractivity contribution is -0.138. The Morgan fingerprint density at radius 2 is 1.65 bits per heavy atom. The zero-order valence-electron chi connectivity index (χ0n) is 13.6. The highest BCUT2D eigenvalue weighted by Gasteiger charge is 2.11. The van der Waals surface area contributed by atoms with E-state index in [1.807, 2.05) is 0 Å². The molecule has 2 atom stereocenters. The lowest BCUT2D eigenvalue weighted by Gasteiger charge is -2.12. The van der Waals surface area contributed by atoms with Crippen molar-refractivity contribution in [1.29, 1.82) is 0 Å². The summed E-state index contributed by atoms with van der Waals surface area (Å²) >= 11 is 1.46. The molecule has 0 amide bonds. The molecule has 0 saturated heterocycles. The summed E-state index contributed by atoms with van der Waals surface area (Å²) in [6.07, 6.45) is -0.202. The standard InChI is InChI=1S/C14H29NO7S/c1-19-3-4-20-5-6-21-7-8-22-10-12(16)11-23-9-2-13(15)14(17)18/h12-13,16H,2-11,15H2,1H3,(H,17,18). The smallest absolute Gasteiger partial charge is 0.320 e. The first-order chi connectivity index (χ1) is 11.1. The molecule has 0 aliphatic rings. The Labute approximate surface area is 141 Å². The molecule has 0 saturated carbocycles. The second-order valence-electron chi connectivity index (χ2n) is 4.75. The second-order valence-corrected chi connectivity index (χ2v) is 5.90. The van der Waals surface area contributed by atoms with Crippen LogP contribution in [0.3, 0.4) is 0 Å². The molecule has 2 unspecified atom stereocenters. The summed E-state index contributed by atoms with van der Waals surface area (Å²) in [4.78, 5) is 10.5. The van der Waals surface area contributed by atoms with Crippen molar-refractivity contribution in [2.75, 3.05) is 64.9 Å². The molecule has 0 aliphatic heterocycles. The number of hydrogen-bond donors (Lipinski definition) is 3. The molecule has 4 N–H and O–H groups in total. The first kappa shape index (κ1) is 22.6. The predicted molar refractivity (Wildman–Crippen MR) is 87.9 cm³/mol. The highest BCUT2D eigenvalue weighted by atomic mass is 32.2. The topological polar surface area (TPSA) is 120 Å². The van der Waals surface area contributed by atoms with E-state index in [0.29, 0.717) is 57.6 Å². The van der Waals surface area contributed by atoms with Crippen molar-refractivity contribution in [2.24, 2.45) is 5.73 Å². The lowest BCUT2D eigenvalue weighted by atomic mass is 10.2. The van der Waals surface area contributed by atoms with Gasteiger partial charge in [-0.05, 0) is 12.2 Å². The minimum atomic E-state index is -1.00. The van der Waals surface area contributed by atoms with Gasteiger partial charge in [0.05, 0.1) is 52.4 Å². The molecule has 23 heavy (non-hydrogen) atoms. The van der Waals surface area contributed by atoms with Gasteiger partial charge in [-0.2, -0.15) is 11.8 Å². The van der Waals surface area contributed by atoms with Gasteiger partial charge in [-0.25, -0.2) is 0 Å². The van der Waals surface area contributed by atoms with Crippen LogP contribution in [-0.2, 0) is 23.7 Å². The Morgan fingerprint density at radius 1 is 1.09 bits per heavy atom. The fourth-order valence-corrected chi connectivity index (χ4v) is 2.36. The van der Waals surface area contributed by atoms with Crippen LogP contribution in [0.4, 0.5) is 0 Å². The van der Waals surface area contributed by atoms with Crippen LogP contribution in [0.15, 0.2) is 0 Å². The molecule has 8 nitrogen and oxygen atoms in total. The number of carbonyl (C=O) groups is 1. The maximum atomic E-state index is 10.5. The van der Waals surface area contributed by atoms with Gasteiger partial charge in [0.1, 0.15) is 6.04 Å². The van der Waals surface area contributed by atoms with E-state index in [9.17, 15) is 9.90 Å². The fraction of sp³-hybridized carbons (Fsp3) is 0.929. The van der Waals surface area contributed by atoms with Gasteiger partial charge in [0.2, 0.25) is 0 Å². The van der Waals surface area contributed by atoms with E-state index >= 15 is 0 Å². The second kappa shape index (κ2) is 16.4. The molecule has 0 heterocycles. The number of carboxylic acid groups (broad SMARTS) is 1. The Kier molecular flexibility index (Phi) is 16.1. The van der Waals surface area contributed by atoms with Crippen molar-refractivity contribution in [3.05, 3.63) is 0 Å². The number of hydrogen-bond acceptors (Lipinski definition) is 8. The maximum absolute atomic E-state index is 10.5. The monoisotopic (exact) mass is 355 g/mol. The van der Waals surface area contributed by atoms with Gasteiger partial charge in [0.25, 0.3) is 0 Å². The van der Waals surface area contributed by atoms with Gasteiger partial charge >= 0.3 is 5.97 Å². The van der Waals surface area contributed by atoms with Crippen LogP contribution in [-0.4, -0.2) is 93.2 Å². The molecule has 0 rings (SSSR count). The van der Waals surface area contributed by atoms with Crippen molar-refractivity contribution >= 4 is 17.7 Å². The van der Waals surface area contributed by atoms with Crippen LogP contribution in [0.25, 0.3) is 0 Å². The van der Waals surface area contributed by atoms with Crippen molar-refractivity contribution in [3.8, 4) is 0 Å². The Balaban J connectivity index is 3.24. The summed E-state index contributed by atoms with van der Waals surface area (Å²) < 4.78 is 20.6. The SMILES string of the molecule is COCCOCCOCCOCC(O)CSCCC(N)C(=O)O. The number of aliphatic carboxylic acids is 1. The molecule has 0 aromatic rings. The van der Waals surface area contributed by atoms with Crippen LogP contribution in [0, 0.1) is 0 Å². The minimum absolute atomic E-state index is 0.228. The molecule has 0 spiro atoms. The van der Waals surface area contributed by atoms with Crippen molar-refractivity contribution in [1.82, 2.24) is 0 Å². The van der Waals surface area contributed by atoms with Gasteiger partial charge < -0.3 is 34.9 Å². The Bertz CT molecular complexity index is 284. The highest BCUT2D eigenvalue weighted by Crippen LogP contribution is 2.07. The number of rotatable bonds is 17. The molecular weight excluding hydrogens is 326 g/mol. The van der Waals surface area contributed by atoms with E-state index in [4.69, 9.17) is 29.8 Å². The zero-order chi connectivity index (χ0) is 17.3. The van der Waals surface area contributed by atoms with Gasteiger partial charge in [-0.15, -0.1) is 0 Å². The van der Waals surface area contributed by atoms with E-state index < -0.39 is 18.1 Å². The summed E-state index contributed by atoms with van der Waals surface area (Å²) in [5.41, 5.74) is 5.38. The Hall–Kier alpha value is -0.420. The fourth-order valence-electron chi connectivity index (χ4n) is 1.40. The lowest BCUT2D eigenvalue weighted by Crippen LogP contribution is -2.30. The molecule has 0 radical (unpaired) electrons. The number of carboxylic acids is 1. The van der Waals surface area contributed by atoms with E-state index in [1.165, 1.54) is 11.8 Å². The maximum Gasteiger partial charge on any atom is 0.320 e. The first-order valence-electron chi connectivity index (χ1n) is 7.54. The summed E-state index contributed by atoms with van der Waals surface area (Å²) in [5.74, 6) is 0.0793. The molecular formula is C14H29NO7S. The van der Waals surface area contributed by atoms with E-state index in [1.54, 1.807) is 7.11 Å². The van der Waals surface area contributed by atoms with Crippen LogP contribution in [0.1, 0.15) is 6.42 Å². The summed E-state index contributed by atoms with van der Waals surface area (Å²) in [6, 6.07) is -0.841. The number of ether oxygens (including phenoxy) is 4. The Morgan fingerprint density at radius 3 is 2.22 bits per heavy atom.